The first-order valence-corrected chi connectivity index (χ1v) is 8.79. The van der Waals surface area contributed by atoms with Crippen molar-refractivity contribution < 1.29 is 18.3 Å². The van der Waals surface area contributed by atoms with E-state index >= 15 is 0 Å². The Morgan fingerprint density at radius 2 is 1.68 bits per heavy atom. The molecule has 0 aliphatic carbocycles. The Balaban J connectivity index is 0.00000441. The zero-order valence-electron chi connectivity index (χ0n) is 13.7. The van der Waals surface area contributed by atoms with Gasteiger partial charge in [0.25, 0.3) is 0 Å². The molecule has 0 bridgehead atoms. The maximum Gasteiger partial charge on any atom is 0.322 e. The van der Waals surface area contributed by atoms with Crippen LogP contribution >= 0.6 is 12.4 Å². The first-order valence-electron chi connectivity index (χ1n) is 7.18. The fourth-order valence-electron chi connectivity index (χ4n) is 2.71. The maximum atomic E-state index is 12.2. The molecule has 7 nitrogen and oxygen atoms in total. The number of rotatable bonds is 6. The van der Waals surface area contributed by atoms with Crippen LogP contribution in [0.4, 0.5) is 0 Å². The van der Waals surface area contributed by atoms with Gasteiger partial charge in [-0.2, -0.15) is 4.31 Å². The van der Waals surface area contributed by atoms with E-state index in [9.17, 15) is 18.3 Å². The van der Waals surface area contributed by atoms with Gasteiger partial charge in [-0.15, -0.1) is 12.4 Å². The van der Waals surface area contributed by atoms with Crippen LogP contribution in [0.3, 0.4) is 0 Å². The average Bonchev–Trinajstić information content (AvgIpc) is 2.25. The van der Waals surface area contributed by atoms with Gasteiger partial charge in [-0.1, -0.05) is 13.8 Å². The Labute approximate surface area is 139 Å². The van der Waals surface area contributed by atoms with Crippen LogP contribution in [0.25, 0.3) is 0 Å². The quantitative estimate of drug-likeness (QED) is 0.703. The lowest BCUT2D eigenvalue weighted by atomic mass is 9.94. The van der Waals surface area contributed by atoms with Gasteiger partial charge in [0.15, 0.2) is 0 Å². The second-order valence-electron chi connectivity index (χ2n) is 6.67. The van der Waals surface area contributed by atoms with E-state index in [2.05, 4.69) is 0 Å². The van der Waals surface area contributed by atoms with E-state index in [1.54, 1.807) is 18.7 Å². The number of nitrogens with zero attached hydrogens (tertiary/aromatic N) is 2. The number of carbonyl (C=O) groups is 1. The van der Waals surface area contributed by atoms with Crippen LogP contribution < -0.4 is 5.73 Å². The summed E-state index contributed by atoms with van der Waals surface area (Å²) in [7, 11) is -3.26. The predicted octanol–water partition coefficient (Wildman–Crippen LogP) is 0.202. The van der Waals surface area contributed by atoms with Crippen molar-refractivity contribution in [3.05, 3.63) is 0 Å². The highest BCUT2D eigenvalue weighted by Gasteiger charge is 2.39. The smallest absolute Gasteiger partial charge is 0.322 e. The molecule has 1 heterocycles. The number of carboxylic acids is 1. The van der Waals surface area contributed by atoms with Gasteiger partial charge in [0.1, 0.15) is 6.04 Å². The lowest BCUT2D eigenvalue weighted by molar-refractivity contribution is -0.146. The maximum absolute atomic E-state index is 12.2. The fourth-order valence-corrected chi connectivity index (χ4v) is 4.48. The fraction of sp³-hybridized carbons (Fsp3) is 0.923. The second-order valence-corrected chi connectivity index (χ2v) is 8.68. The molecule has 1 aliphatic heterocycles. The third-order valence-corrected chi connectivity index (χ3v) is 5.75. The Bertz CT molecular complexity index is 468. The van der Waals surface area contributed by atoms with Crippen LogP contribution in [0.2, 0.25) is 0 Å². The summed E-state index contributed by atoms with van der Waals surface area (Å²) >= 11 is 0. The normalized spacial score (nSPS) is 19.7. The highest BCUT2D eigenvalue weighted by atomic mass is 35.5. The molecular weight excluding hydrogens is 330 g/mol. The molecule has 1 aliphatic rings. The monoisotopic (exact) mass is 357 g/mol. The minimum absolute atomic E-state index is 0. The van der Waals surface area contributed by atoms with Gasteiger partial charge in [0.05, 0.1) is 5.75 Å². The summed E-state index contributed by atoms with van der Waals surface area (Å²) in [6.45, 7) is 8.48. The summed E-state index contributed by atoms with van der Waals surface area (Å²) in [6, 6.07) is -0.813. The van der Waals surface area contributed by atoms with E-state index in [4.69, 9.17) is 5.73 Å². The first-order chi connectivity index (χ1) is 9.45. The molecule has 0 spiro atoms. The number of nitrogens with two attached hydrogens (primary N) is 1. The van der Waals surface area contributed by atoms with Crippen molar-refractivity contribution in [1.82, 2.24) is 9.21 Å². The second kappa shape index (κ2) is 7.92. The summed E-state index contributed by atoms with van der Waals surface area (Å²) in [4.78, 5) is 13.2. The molecule has 0 aromatic heterocycles. The zero-order valence-corrected chi connectivity index (χ0v) is 15.3. The van der Waals surface area contributed by atoms with E-state index < -0.39 is 27.6 Å². The Kier molecular flexibility index (Phi) is 7.77. The number of aliphatic carboxylic acids is 1. The molecule has 1 rings (SSSR count). The Hall–Kier alpha value is -0.410. The minimum atomic E-state index is -3.26. The van der Waals surface area contributed by atoms with Crippen molar-refractivity contribution in [3.63, 3.8) is 0 Å². The van der Waals surface area contributed by atoms with E-state index in [-0.39, 0.29) is 24.1 Å². The molecule has 0 unspecified atom stereocenters. The summed E-state index contributed by atoms with van der Waals surface area (Å²) < 4.78 is 25.8. The van der Waals surface area contributed by atoms with Crippen LogP contribution in [0.1, 0.15) is 27.7 Å². The third kappa shape index (κ3) is 5.66. The SMILES string of the molecule is CC(C)CS(=O)(=O)N1CCN([C@H](C(=O)O)C(C)(C)N)CC1.Cl. The van der Waals surface area contributed by atoms with E-state index in [0.29, 0.717) is 26.2 Å². The number of halogens is 1. The van der Waals surface area contributed by atoms with Gasteiger partial charge in [-0.25, -0.2) is 8.42 Å². The molecule has 1 fully saturated rings. The van der Waals surface area contributed by atoms with Crippen molar-refractivity contribution in [2.45, 2.75) is 39.3 Å². The minimum Gasteiger partial charge on any atom is -0.480 e. The van der Waals surface area contributed by atoms with Crippen LogP contribution in [-0.4, -0.2) is 72.2 Å². The predicted molar refractivity (Wildman–Crippen MR) is 88.7 cm³/mol. The zero-order chi connectivity index (χ0) is 16.4. The van der Waals surface area contributed by atoms with Crippen molar-refractivity contribution in [2.24, 2.45) is 11.7 Å². The van der Waals surface area contributed by atoms with Gasteiger partial charge in [-0.05, 0) is 19.8 Å². The molecule has 0 radical (unpaired) electrons. The van der Waals surface area contributed by atoms with Gasteiger partial charge in [-0.3, -0.25) is 9.69 Å². The average molecular weight is 358 g/mol. The topological polar surface area (TPSA) is 104 Å². The number of piperazine rings is 1. The summed E-state index contributed by atoms with van der Waals surface area (Å²) in [5.74, 6) is -0.777. The largest absolute Gasteiger partial charge is 0.480 e. The van der Waals surface area contributed by atoms with E-state index in [1.807, 2.05) is 13.8 Å². The number of hydrogen-bond donors (Lipinski definition) is 2. The Morgan fingerprint density at radius 3 is 2.00 bits per heavy atom. The molecule has 0 aromatic rings. The highest BCUT2D eigenvalue weighted by molar-refractivity contribution is 7.89. The molecule has 1 atom stereocenters. The van der Waals surface area contributed by atoms with Gasteiger partial charge >= 0.3 is 5.97 Å². The molecule has 3 N–H and O–H groups in total. The van der Waals surface area contributed by atoms with Gasteiger partial charge in [0.2, 0.25) is 10.0 Å². The van der Waals surface area contributed by atoms with Crippen molar-refractivity contribution in [1.29, 1.82) is 0 Å². The first kappa shape index (κ1) is 21.6. The van der Waals surface area contributed by atoms with Crippen LogP contribution in [0.15, 0.2) is 0 Å². The van der Waals surface area contributed by atoms with Crippen molar-refractivity contribution in [2.75, 3.05) is 31.9 Å². The summed E-state index contributed by atoms with van der Waals surface area (Å²) in [5, 5.41) is 9.35. The lowest BCUT2D eigenvalue weighted by Gasteiger charge is -2.41. The van der Waals surface area contributed by atoms with Gasteiger partial charge < -0.3 is 10.8 Å². The molecule has 0 aromatic carbocycles. The molecule has 0 amide bonds. The highest BCUT2D eigenvalue weighted by Crippen LogP contribution is 2.18. The molecule has 22 heavy (non-hydrogen) atoms. The van der Waals surface area contributed by atoms with Crippen LogP contribution in [0.5, 0.6) is 0 Å². The number of hydrogen-bond acceptors (Lipinski definition) is 5. The van der Waals surface area contributed by atoms with Gasteiger partial charge in [0, 0.05) is 31.7 Å². The van der Waals surface area contributed by atoms with Crippen molar-refractivity contribution >= 4 is 28.4 Å². The lowest BCUT2D eigenvalue weighted by Crippen LogP contribution is -2.63. The standard InChI is InChI=1S/C13H27N3O4S.ClH/c1-10(2)9-21(19,20)16-7-5-15(6-8-16)11(12(17)18)13(3,4)14;/h10-11H,5-9,14H2,1-4H3,(H,17,18);1H/t11-;/m1./s1. The number of carboxylic acid groups (broad SMARTS) is 1. The third-order valence-electron chi connectivity index (χ3n) is 3.51. The molecular formula is C13H28ClN3O4S. The van der Waals surface area contributed by atoms with Crippen LogP contribution in [-0.2, 0) is 14.8 Å². The molecule has 9 heteroatoms. The molecule has 132 valence electrons. The molecule has 0 saturated carbocycles. The summed E-state index contributed by atoms with van der Waals surface area (Å²) in [6.07, 6.45) is 0. The Morgan fingerprint density at radius 1 is 1.23 bits per heavy atom. The molecule has 1 saturated heterocycles. The van der Waals surface area contributed by atoms with E-state index in [0.717, 1.165) is 0 Å². The summed E-state index contributed by atoms with van der Waals surface area (Å²) in [5.41, 5.74) is 5.06. The van der Waals surface area contributed by atoms with Crippen LogP contribution in [0, 0.1) is 5.92 Å². The van der Waals surface area contributed by atoms with Crippen molar-refractivity contribution in [3.8, 4) is 0 Å². The number of sulfonamides is 1. The van der Waals surface area contributed by atoms with E-state index in [1.165, 1.54) is 4.31 Å².